The molecule has 1 saturated heterocycles. The van der Waals surface area contributed by atoms with Crippen LogP contribution >= 0.6 is 34.8 Å². The molecule has 1 heterocycles. The summed E-state index contributed by atoms with van der Waals surface area (Å²) in [4.78, 5) is 28.4. The number of carbonyl (C=O) groups excluding carboxylic acids is 1. The van der Waals surface area contributed by atoms with Gasteiger partial charge in [0.25, 0.3) is 0 Å². The van der Waals surface area contributed by atoms with Crippen LogP contribution in [0.1, 0.15) is 55.7 Å². The van der Waals surface area contributed by atoms with Gasteiger partial charge in [-0.1, -0.05) is 66.0 Å². The number of carboxylic acid groups (broad SMARTS) is 1. The number of benzene rings is 3. The van der Waals surface area contributed by atoms with E-state index in [1.54, 1.807) is 30.0 Å². The molecule has 216 valence electrons. The Labute approximate surface area is 255 Å². The molecule has 0 aromatic heterocycles. The average molecular weight is 635 g/mol. The lowest BCUT2D eigenvalue weighted by Gasteiger charge is -2.52. The topological polar surface area (TPSA) is 91.8 Å². The minimum Gasteiger partial charge on any atom is -0.481 e. The third kappa shape index (κ3) is 6.43. The summed E-state index contributed by atoms with van der Waals surface area (Å²) in [7, 11) is -3.83. The van der Waals surface area contributed by atoms with E-state index in [0.717, 1.165) is 24.0 Å². The highest BCUT2D eigenvalue weighted by atomic mass is 35.5. The fourth-order valence-corrected chi connectivity index (χ4v) is 8.21. The summed E-state index contributed by atoms with van der Waals surface area (Å²) in [6, 6.07) is 19.3. The van der Waals surface area contributed by atoms with E-state index in [-0.39, 0.29) is 41.2 Å². The molecule has 0 unspecified atom stereocenters. The monoisotopic (exact) mass is 633 g/mol. The number of likely N-dealkylation sites (tertiary alicyclic amines) is 1. The Morgan fingerprint density at radius 2 is 1.56 bits per heavy atom. The summed E-state index contributed by atoms with van der Waals surface area (Å²) < 4.78 is 27.5. The fourth-order valence-electron chi connectivity index (χ4n) is 6.13. The van der Waals surface area contributed by atoms with Gasteiger partial charge in [-0.05, 0) is 84.8 Å². The van der Waals surface area contributed by atoms with Gasteiger partial charge in [0.2, 0.25) is 5.91 Å². The summed E-state index contributed by atoms with van der Waals surface area (Å²) in [5, 5.41) is 11.3. The van der Waals surface area contributed by atoms with E-state index in [2.05, 4.69) is 0 Å². The highest BCUT2D eigenvalue weighted by Crippen LogP contribution is 2.54. The Morgan fingerprint density at radius 1 is 0.951 bits per heavy atom. The van der Waals surface area contributed by atoms with Gasteiger partial charge >= 0.3 is 5.97 Å². The van der Waals surface area contributed by atoms with Crippen molar-refractivity contribution in [2.75, 3.05) is 5.75 Å². The molecule has 3 aromatic carbocycles. The van der Waals surface area contributed by atoms with Gasteiger partial charge in [-0.2, -0.15) is 0 Å². The summed E-state index contributed by atoms with van der Waals surface area (Å²) in [5.74, 6) is -2.13. The zero-order valence-electron chi connectivity index (χ0n) is 22.3. The molecule has 4 atom stereocenters. The number of piperidine rings is 1. The van der Waals surface area contributed by atoms with Crippen LogP contribution in [0.3, 0.4) is 0 Å². The van der Waals surface area contributed by atoms with Crippen molar-refractivity contribution in [3.8, 4) is 0 Å². The van der Waals surface area contributed by atoms with Crippen molar-refractivity contribution in [1.29, 1.82) is 0 Å². The number of sulfone groups is 1. The van der Waals surface area contributed by atoms with Crippen molar-refractivity contribution in [1.82, 2.24) is 4.90 Å². The molecule has 1 aliphatic carbocycles. The molecule has 41 heavy (non-hydrogen) atoms. The van der Waals surface area contributed by atoms with E-state index < -0.39 is 33.3 Å². The van der Waals surface area contributed by atoms with Crippen molar-refractivity contribution in [3.63, 3.8) is 0 Å². The minimum atomic E-state index is -3.83. The normalized spacial score (nSPS) is 23.8. The Kier molecular flexibility index (Phi) is 8.46. The second-order valence-electron chi connectivity index (χ2n) is 11.3. The van der Waals surface area contributed by atoms with Gasteiger partial charge < -0.3 is 10.0 Å². The highest BCUT2D eigenvalue weighted by molar-refractivity contribution is 7.91. The molecule has 0 bridgehead atoms. The molecule has 10 heteroatoms. The van der Waals surface area contributed by atoms with Gasteiger partial charge in [-0.25, -0.2) is 8.42 Å². The van der Waals surface area contributed by atoms with Crippen LogP contribution in [0.15, 0.2) is 77.7 Å². The van der Waals surface area contributed by atoms with Crippen molar-refractivity contribution < 1.29 is 23.1 Å². The van der Waals surface area contributed by atoms with E-state index in [0.29, 0.717) is 15.1 Å². The van der Waals surface area contributed by atoms with Crippen molar-refractivity contribution in [2.45, 2.75) is 55.5 Å². The number of halogens is 3. The third-order valence-corrected chi connectivity index (χ3v) is 10.7. The van der Waals surface area contributed by atoms with Gasteiger partial charge in [-0.3, -0.25) is 9.59 Å². The SMILES string of the molecule is C[C@@]1(CC(=O)O)C[C@H](c2cccc(Cl)c2)[C@@H](c2ccc(Cl)cc2)N([C@H](CS(=O)(=O)c2ccc(Cl)cc2)C2CC2)C1=O. The molecule has 0 radical (unpaired) electrons. The molecule has 1 amide bonds. The first kappa shape index (κ1) is 29.9. The van der Waals surface area contributed by atoms with Crippen LogP contribution in [0, 0.1) is 11.3 Å². The number of carbonyl (C=O) groups is 2. The average Bonchev–Trinajstić information content (AvgIpc) is 3.75. The van der Waals surface area contributed by atoms with Crippen LogP contribution in [-0.4, -0.2) is 42.1 Å². The maximum atomic E-state index is 14.5. The van der Waals surface area contributed by atoms with Crippen molar-refractivity contribution in [2.24, 2.45) is 11.3 Å². The molecule has 1 N–H and O–H groups in total. The van der Waals surface area contributed by atoms with Gasteiger partial charge in [0, 0.05) is 27.0 Å². The lowest BCUT2D eigenvalue weighted by atomic mass is 9.67. The van der Waals surface area contributed by atoms with E-state index >= 15 is 0 Å². The number of amides is 1. The number of hydrogen-bond acceptors (Lipinski definition) is 4. The zero-order chi connectivity index (χ0) is 29.5. The van der Waals surface area contributed by atoms with Crippen molar-refractivity contribution >= 4 is 56.5 Å². The predicted octanol–water partition coefficient (Wildman–Crippen LogP) is 7.44. The molecule has 5 rings (SSSR count). The highest BCUT2D eigenvalue weighted by Gasteiger charge is 2.55. The summed E-state index contributed by atoms with van der Waals surface area (Å²) in [5.41, 5.74) is 0.375. The van der Waals surface area contributed by atoms with Gasteiger partial charge in [-0.15, -0.1) is 0 Å². The van der Waals surface area contributed by atoms with Gasteiger partial charge in [0.15, 0.2) is 9.84 Å². The summed E-state index contributed by atoms with van der Waals surface area (Å²) >= 11 is 18.6. The number of rotatable bonds is 9. The molecule has 6 nitrogen and oxygen atoms in total. The molecule has 2 aliphatic rings. The quantitative estimate of drug-likeness (QED) is 0.264. The first-order chi connectivity index (χ1) is 19.4. The number of nitrogens with zero attached hydrogens (tertiary/aromatic N) is 1. The number of carboxylic acids is 1. The molecule has 3 aromatic rings. The van der Waals surface area contributed by atoms with Crippen LogP contribution in [0.4, 0.5) is 0 Å². The fraction of sp³-hybridized carbons (Fsp3) is 0.355. The van der Waals surface area contributed by atoms with E-state index in [1.807, 2.05) is 30.3 Å². The molecule has 1 aliphatic heterocycles. The molecule has 1 saturated carbocycles. The molecular weight excluding hydrogens is 605 g/mol. The Morgan fingerprint density at radius 3 is 2.12 bits per heavy atom. The van der Waals surface area contributed by atoms with Crippen molar-refractivity contribution in [3.05, 3.63) is 99.0 Å². The largest absolute Gasteiger partial charge is 0.481 e. The maximum Gasteiger partial charge on any atom is 0.304 e. The molecule has 2 fully saturated rings. The van der Waals surface area contributed by atoms with Gasteiger partial charge in [0.05, 0.1) is 28.5 Å². The minimum absolute atomic E-state index is 0.0389. The smallest absolute Gasteiger partial charge is 0.304 e. The van der Waals surface area contributed by atoms with E-state index in [4.69, 9.17) is 34.8 Å². The lowest BCUT2D eigenvalue weighted by Crippen LogP contribution is -2.58. The summed E-state index contributed by atoms with van der Waals surface area (Å²) in [6.07, 6.45) is 1.42. The summed E-state index contributed by atoms with van der Waals surface area (Å²) in [6.45, 7) is 1.67. The van der Waals surface area contributed by atoms with Gasteiger partial charge in [0.1, 0.15) is 0 Å². The number of hydrogen-bond donors (Lipinski definition) is 1. The van der Waals surface area contributed by atoms with Crippen LogP contribution in [0.2, 0.25) is 15.1 Å². The number of aliphatic carboxylic acids is 1. The van der Waals surface area contributed by atoms with Crippen LogP contribution in [-0.2, 0) is 19.4 Å². The van der Waals surface area contributed by atoms with E-state index in [1.165, 1.54) is 24.3 Å². The first-order valence-electron chi connectivity index (χ1n) is 13.4. The third-order valence-electron chi connectivity index (χ3n) is 8.22. The second-order valence-corrected chi connectivity index (χ2v) is 14.7. The van der Waals surface area contributed by atoms with Crippen LogP contribution in [0.25, 0.3) is 0 Å². The molecule has 0 spiro atoms. The first-order valence-corrected chi connectivity index (χ1v) is 16.2. The Balaban J connectivity index is 1.68. The predicted molar refractivity (Wildman–Crippen MR) is 160 cm³/mol. The second kappa shape index (κ2) is 11.6. The Bertz CT molecular complexity index is 1560. The molecular formula is C31H30Cl3NO5S. The van der Waals surface area contributed by atoms with E-state index in [9.17, 15) is 23.1 Å². The Hall–Kier alpha value is -2.58. The standard InChI is InChI=1S/C31H30Cl3NO5S/c1-31(17-28(36)37)16-26(21-3-2-4-24(34)15-21)29(20-7-9-22(32)10-8-20)35(30(31)38)27(19-5-6-19)18-41(39,40)25-13-11-23(33)12-14-25/h2-4,7-15,19,26-27,29H,5-6,16-18H2,1H3,(H,36,37)/t26-,27-,29-,31+/m1/s1. The maximum absolute atomic E-state index is 14.5. The zero-order valence-corrected chi connectivity index (χ0v) is 25.4. The van der Waals surface area contributed by atoms with Crippen LogP contribution < -0.4 is 0 Å². The van der Waals surface area contributed by atoms with Crippen LogP contribution in [0.5, 0.6) is 0 Å². The lowest BCUT2D eigenvalue weighted by molar-refractivity contribution is -0.160.